The van der Waals surface area contributed by atoms with Gasteiger partial charge in [-0.1, -0.05) is 0 Å². The highest BCUT2D eigenvalue weighted by Gasteiger charge is 2.17. The van der Waals surface area contributed by atoms with Gasteiger partial charge in [0.05, 0.1) is 12.0 Å². The Hall–Kier alpha value is -1.50. The van der Waals surface area contributed by atoms with Gasteiger partial charge in [-0.2, -0.15) is 16.7 Å². The zero-order valence-corrected chi connectivity index (χ0v) is 11.5. The number of nitro groups is 1. The first kappa shape index (κ1) is 14.6. The van der Waals surface area contributed by atoms with E-state index in [2.05, 4.69) is 10.3 Å². The van der Waals surface area contributed by atoms with Gasteiger partial charge in [0.15, 0.2) is 0 Å². The SMILES string of the molecule is COc1ccc([N+](=O)[O-])c(NC(C)CCSC)n1. The zero-order chi connectivity index (χ0) is 13.5. The molecule has 0 radical (unpaired) electrons. The van der Waals surface area contributed by atoms with E-state index in [4.69, 9.17) is 4.74 Å². The number of rotatable bonds is 7. The van der Waals surface area contributed by atoms with Crippen LogP contribution in [0.1, 0.15) is 13.3 Å². The lowest BCUT2D eigenvalue weighted by Gasteiger charge is -2.14. The third-order valence-electron chi connectivity index (χ3n) is 2.39. The molecule has 0 amide bonds. The molecule has 1 N–H and O–H groups in total. The number of hydrogen-bond donors (Lipinski definition) is 1. The van der Waals surface area contributed by atoms with Crippen molar-refractivity contribution in [2.24, 2.45) is 0 Å². The lowest BCUT2D eigenvalue weighted by molar-refractivity contribution is -0.384. The molecule has 0 bridgehead atoms. The molecule has 1 rings (SSSR count). The van der Waals surface area contributed by atoms with Crippen LogP contribution >= 0.6 is 11.8 Å². The molecule has 0 saturated carbocycles. The molecule has 1 atom stereocenters. The number of pyridine rings is 1. The van der Waals surface area contributed by atoms with Gasteiger partial charge in [-0.15, -0.1) is 0 Å². The van der Waals surface area contributed by atoms with Gasteiger partial charge in [-0.25, -0.2) is 0 Å². The molecule has 0 aromatic carbocycles. The first-order valence-corrected chi connectivity index (χ1v) is 6.92. The third kappa shape index (κ3) is 4.06. The number of nitrogens with one attached hydrogen (secondary N) is 1. The minimum atomic E-state index is -0.448. The van der Waals surface area contributed by atoms with Crippen LogP contribution in [0.4, 0.5) is 11.5 Å². The number of thioether (sulfide) groups is 1. The predicted octanol–water partition coefficient (Wildman–Crippen LogP) is 2.55. The molecule has 0 aliphatic heterocycles. The first-order valence-electron chi connectivity index (χ1n) is 5.53. The molecule has 6 nitrogen and oxygen atoms in total. The van der Waals surface area contributed by atoms with E-state index in [1.807, 2.05) is 13.2 Å². The Morgan fingerprint density at radius 3 is 2.89 bits per heavy atom. The molecule has 100 valence electrons. The van der Waals surface area contributed by atoms with Crippen molar-refractivity contribution in [1.29, 1.82) is 0 Å². The van der Waals surface area contributed by atoms with E-state index < -0.39 is 4.92 Å². The van der Waals surface area contributed by atoms with E-state index in [0.717, 1.165) is 12.2 Å². The van der Waals surface area contributed by atoms with Crippen LogP contribution in [0.2, 0.25) is 0 Å². The quantitative estimate of drug-likeness (QED) is 0.606. The van der Waals surface area contributed by atoms with Crippen molar-refractivity contribution in [3.63, 3.8) is 0 Å². The summed E-state index contributed by atoms with van der Waals surface area (Å²) in [4.78, 5) is 14.5. The van der Waals surface area contributed by atoms with Crippen molar-refractivity contribution < 1.29 is 9.66 Å². The Morgan fingerprint density at radius 2 is 2.33 bits per heavy atom. The van der Waals surface area contributed by atoms with Crippen LogP contribution in [0.25, 0.3) is 0 Å². The monoisotopic (exact) mass is 271 g/mol. The summed E-state index contributed by atoms with van der Waals surface area (Å²) < 4.78 is 4.97. The summed E-state index contributed by atoms with van der Waals surface area (Å²) in [6.07, 6.45) is 2.94. The minimum absolute atomic E-state index is 0.0354. The van der Waals surface area contributed by atoms with Crippen LogP contribution in [0.5, 0.6) is 5.88 Å². The summed E-state index contributed by atoms with van der Waals surface area (Å²) in [5, 5.41) is 14.0. The molecule has 1 aromatic rings. The van der Waals surface area contributed by atoms with Crippen molar-refractivity contribution in [3.8, 4) is 5.88 Å². The largest absolute Gasteiger partial charge is 0.481 e. The van der Waals surface area contributed by atoms with Gasteiger partial charge in [0.2, 0.25) is 11.7 Å². The fourth-order valence-corrected chi connectivity index (χ4v) is 1.99. The standard InChI is InChI=1S/C11H17N3O3S/c1-8(6-7-18-3)12-11-9(14(15)16)4-5-10(13-11)17-2/h4-5,8H,6-7H2,1-3H3,(H,12,13). The molecule has 1 unspecified atom stereocenters. The molecule has 7 heteroatoms. The van der Waals surface area contributed by atoms with Gasteiger partial charge in [0.1, 0.15) is 0 Å². The summed E-state index contributed by atoms with van der Waals surface area (Å²) in [5.74, 6) is 1.61. The Bertz CT molecular complexity index is 415. The molecule has 0 saturated heterocycles. The maximum atomic E-state index is 10.9. The van der Waals surface area contributed by atoms with E-state index in [9.17, 15) is 10.1 Å². The van der Waals surface area contributed by atoms with Gasteiger partial charge in [-0.3, -0.25) is 10.1 Å². The molecule has 0 spiro atoms. The average Bonchev–Trinajstić information content (AvgIpc) is 2.35. The lowest BCUT2D eigenvalue weighted by Crippen LogP contribution is -2.18. The van der Waals surface area contributed by atoms with Crippen LogP contribution in [-0.2, 0) is 0 Å². The Morgan fingerprint density at radius 1 is 1.61 bits per heavy atom. The van der Waals surface area contributed by atoms with Crippen molar-refractivity contribution >= 4 is 23.3 Å². The van der Waals surface area contributed by atoms with E-state index >= 15 is 0 Å². The molecule has 18 heavy (non-hydrogen) atoms. The minimum Gasteiger partial charge on any atom is -0.481 e. The van der Waals surface area contributed by atoms with E-state index in [1.54, 1.807) is 11.8 Å². The predicted molar refractivity (Wildman–Crippen MR) is 73.5 cm³/mol. The van der Waals surface area contributed by atoms with Crippen LogP contribution < -0.4 is 10.1 Å². The molecular formula is C11H17N3O3S. The van der Waals surface area contributed by atoms with Gasteiger partial charge in [-0.05, 0) is 25.4 Å². The smallest absolute Gasteiger partial charge is 0.311 e. The van der Waals surface area contributed by atoms with Gasteiger partial charge >= 0.3 is 5.69 Å². The van der Waals surface area contributed by atoms with Crippen LogP contribution in [0.3, 0.4) is 0 Å². The molecule has 0 fully saturated rings. The second-order valence-electron chi connectivity index (χ2n) is 3.81. The maximum Gasteiger partial charge on any atom is 0.311 e. The summed E-state index contributed by atoms with van der Waals surface area (Å²) in [6.45, 7) is 1.97. The number of hydrogen-bond acceptors (Lipinski definition) is 6. The summed E-state index contributed by atoms with van der Waals surface area (Å²) in [6, 6.07) is 3.00. The Kier molecular flexibility index (Phi) is 5.70. The van der Waals surface area contributed by atoms with Crippen LogP contribution in [-0.4, -0.2) is 35.1 Å². The topological polar surface area (TPSA) is 77.3 Å². The lowest BCUT2D eigenvalue weighted by atomic mass is 10.2. The molecule has 0 aliphatic carbocycles. The van der Waals surface area contributed by atoms with Gasteiger partial charge in [0, 0.05) is 18.2 Å². The average molecular weight is 271 g/mol. The Labute approximate surface area is 110 Å². The highest BCUT2D eigenvalue weighted by molar-refractivity contribution is 7.98. The normalized spacial score (nSPS) is 11.9. The second kappa shape index (κ2) is 7.05. The third-order valence-corrected chi connectivity index (χ3v) is 3.04. The molecular weight excluding hydrogens is 254 g/mol. The maximum absolute atomic E-state index is 10.9. The highest BCUT2D eigenvalue weighted by Crippen LogP contribution is 2.25. The van der Waals surface area contributed by atoms with Crippen LogP contribution in [0.15, 0.2) is 12.1 Å². The van der Waals surface area contributed by atoms with Crippen LogP contribution in [0, 0.1) is 10.1 Å². The molecule has 0 aliphatic rings. The summed E-state index contributed by atoms with van der Waals surface area (Å²) in [7, 11) is 1.48. The second-order valence-corrected chi connectivity index (χ2v) is 4.79. The number of nitrogens with zero attached hydrogens (tertiary/aromatic N) is 2. The number of methoxy groups -OCH3 is 1. The summed E-state index contributed by atoms with van der Waals surface area (Å²) in [5.41, 5.74) is -0.0354. The molecule has 1 heterocycles. The van der Waals surface area contributed by atoms with Crippen molar-refractivity contribution in [2.75, 3.05) is 24.4 Å². The number of aromatic nitrogens is 1. The van der Waals surface area contributed by atoms with Crippen molar-refractivity contribution in [2.45, 2.75) is 19.4 Å². The molecule has 1 aromatic heterocycles. The van der Waals surface area contributed by atoms with E-state index in [0.29, 0.717) is 5.88 Å². The van der Waals surface area contributed by atoms with Crippen molar-refractivity contribution in [3.05, 3.63) is 22.2 Å². The fraction of sp³-hybridized carbons (Fsp3) is 0.545. The fourth-order valence-electron chi connectivity index (χ4n) is 1.40. The number of ether oxygens (including phenoxy) is 1. The Balaban J connectivity index is 2.86. The highest BCUT2D eigenvalue weighted by atomic mass is 32.2. The van der Waals surface area contributed by atoms with Crippen molar-refractivity contribution in [1.82, 2.24) is 4.98 Å². The zero-order valence-electron chi connectivity index (χ0n) is 10.7. The van der Waals surface area contributed by atoms with Gasteiger partial charge < -0.3 is 10.1 Å². The summed E-state index contributed by atoms with van der Waals surface area (Å²) >= 11 is 1.74. The van der Waals surface area contributed by atoms with E-state index in [1.165, 1.54) is 19.2 Å². The van der Waals surface area contributed by atoms with E-state index in [-0.39, 0.29) is 17.5 Å². The first-order chi connectivity index (χ1) is 8.58. The van der Waals surface area contributed by atoms with Gasteiger partial charge in [0.25, 0.3) is 0 Å². The number of anilines is 1.